The summed E-state index contributed by atoms with van der Waals surface area (Å²) >= 11 is 0. The van der Waals surface area contributed by atoms with Gasteiger partial charge in [-0.05, 0) is 26.2 Å². The lowest BCUT2D eigenvalue weighted by Crippen LogP contribution is -2.53. The topological polar surface area (TPSA) is 46.3 Å². The SMILES string of the molecule is CCC(C)(CN)N1CCCCCC1=O. The number of hydrogen-bond donors (Lipinski definition) is 1. The van der Waals surface area contributed by atoms with Crippen LogP contribution in [0.5, 0.6) is 0 Å². The Bertz CT molecular complexity index is 199. The minimum atomic E-state index is -0.124. The van der Waals surface area contributed by atoms with Crippen LogP contribution < -0.4 is 5.73 Å². The van der Waals surface area contributed by atoms with Crippen LogP contribution in [-0.4, -0.2) is 29.4 Å². The zero-order valence-corrected chi connectivity index (χ0v) is 9.38. The molecule has 1 aliphatic rings. The number of carbonyl (C=O) groups excluding carboxylic acids is 1. The molecule has 1 amide bonds. The Morgan fingerprint density at radius 2 is 2.14 bits per heavy atom. The first-order valence-electron chi connectivity index (χ1n) is 5.64. The van der Waals surface area contributed by atoms with Crippen molar-refractivity contribution in [3.8, 4) is 0 Å². The molecule has 0 saturated carbocycles. The molecule has 3 nitrogen and oxygen atoms in total. The molecule has 1 saturated heterocycles. The number of rotatable bonds is 3. The Hall–Kier alpha value is -0.570. The van der Waals surface area contributed by atoms with Crippen molar-refractivity contribution in [2.75, 3.05) is 13.1 Å². The zero-order chi connectivity index (χ0) is 10.6. The van der Waals surface area contributed by atoms with Gasteiger partial charge in [0.15, 0.2) is 0 Å². The van der Waals surface area contributed by atoms with Crippen molar-refractivity contribution in [1.82, 2.24) is 4.90 Å². The third-order valence-electron chi connectivity index (χ3n) is 3.43. The molecule has 0 radical (unpaired) electrons. The standard InChI is InChI=1S/C11H22N2O/c1-3-11(2,9-12)13-8-6-4-5-7-10(13)14/h3-9,12H2,1-2H3. The Balaban J connectivity index is 2.75. The number of amides is 1. The maximum absolute atomic E-state index is 11.8. The van der Waals surface area contributed by atoms with Crippen LogP contribution in [0, 0.1) is 0 Å². The van der Waals surface area contributed by atoms with E-state index in [0.717, 1.165) is 25.8 Å². The van der Waals surface area contributed by atoms with Crippen molar-refractivity contribution in [2.45, 2.75) is 51.5 Å². The van der Waals surface area contributed by atoms with Gasteiger partial charge in [-0.25, -0.2) is 0 Å². The van der Waals surface area contributed by atoms with Gasteiger partial charge in [-0.1, -0.05) is 13.3 Å². The fraction of sp³-hybridized carbons (Fsp3) is 0.909. The molecule has 1 heterocycles. The molecule has 82 valence electrons. The van der Waals surface area contributed by atoms with Crippen LogP contribution in [-0.2, 0) is 4.79 Å². The largest absolute Gasteiger partial charge is 0.336 e. The summed E-state index contributed by atoms with van der Waals surface area (Å²) in [6.45, 7) is 5.65. The molecule has 0 aliphatic carbocycles. The van der Waals surface area contributed by atoms with Crippen molar-refractivity contribution in [2.24, 2.45) is 5.73 Å². The smallest absolute Gasteiger partial charge is 0.223 e. The second-order valence-electron chi connectivity index (χ2n) is 4.41. The lowest BCUT2D eigenvalue weighted by Gasteiger charge is -2.39. The lowest BCUT2D eigenvalue weighted by molar-refractivity contribution is -0.136. The molecular formula is C11H22N2O. The Morgan fingerprint density at radius 1 is 1.43 bits per heavy atom. The van der Waals surface area contributed by atoms with Gasteiger partial charge < -0.3 is 10.6 Å². The van der Waals surface area contributed by atoms with E-state index in [0.29, 0.717) is 13.0 Å². The molecule has 1 atom stereocenters. The first kappa shape index (κ1) is 11.5. The molecule has 0 aromatic carbocycles. The van der Waals surface area contributed by atoms with Gasteiger partial charge >= 0.3 is 0 Å². The van der Waals surface area contributed by atoms with Crippen LogP contribution in [0.3, 0.4) is 0 Å². The number of likely N-dealkylation sites (tertiary alicyclic amines) is 1. The van der Waals surface area contributed by atoms with Gasteiger partial charge in [0, 0.05) is 19.5 Å². The first-order valence-corrected chi connectivity index (χ1v) is 5.64. The van der Waals surface area contributed by atoms with Crippen LogP contribution in [0.1, 0.15) is 46.0 Å². The summed E-state index contributed by atoms with van der Waals surface area (Å²) < 4.78 is 0. The van der Waals surface area contributed by atoms with Gasteiger partial charge in [-0.15, -0.1) is 0 Å². The van der Waals surface area contributed by atoms with Crippen molar-refractivity contribution in [3.63, 3.8) is 0 Å². The van der Waals surface area contributed by atoms with Crippen molar-refractivity contribution in [1.29, 1.82) is 0 Å². The Labute approximate surface area is 86.6 Å². The van der Waals surface area contributed by atoms with E-state index in [1.807, 2.05) is 4.90 Å². The fourth-order valence-corrected chi connectivity index (χ4v) is 2.00. The summed E-state index contributed by atoms with van der Waals surface area (Å²) in [4.78, 5) is 13.8. The summed E-state index contributed by atoms with van der Waals surface area (Å²) in [5.74, 6) is 0.289. The maximum atomic E-state index is 11.8. The summed E-state index contributed by atoms with van der Waals surface area (Å²) in [6, 6.07) is 0. The summed E-state index contributed by atoms with van der Waals surface area (Å²) in [5.41, 5.74) is 5.64. The summed E-state index contributed by atoms with van der Waals surface area (Å²) in [5, 5.41) is 0. The normalized spacial score (nSPS) is 23.1. The van der Waals surface area contributed by atoms with Crippen molar-refractivity contribution < 1.29 is 4.79 Å². The molecule has 0 aromatic rings. The highest BCUT2D eigenvalue weighted by atomic mass is 16.2. The van der Waals surface area contributed by atoms with Crippen LogP contribution >= 0.6 is 0 Å². The quantitative estimate of drug-likeness (QED) is 0.747. The molecule has 2 N–H and O–H groups in total. The van der Waals surface area contributed by atoms with Crippen LogP contribution in [0.15, 0.2) is 0 Å². The maximum Gasteiger partial charge on any atom is 0.223 e. The van der Waals surface area contributed by atoms with Gasteiger partial charge in [-0.3, -0.25) is 4.79 Å². The fourth-order valence-electron chi connectivity index (χ4n) is 2.00. The molecule has 1 rings (SSSR count). The summed E-state index contributed by atoms with van der Waals surface area (Å²) in [7, 11) is 0. The molecule has 0 spiro atoms. The van der Waals surface area contributed by atoms with E-state index in [1.54, 1.807) is 0 Å². The highest BCUT2D eigenvalue weighted by Gasteiger charge is 2.32. The van der Waals surface area contributed by atoms with Crippen LogP contribution in [0.4, 0.5) is 0 Å². The Morgan fingerprint density at radius 3 is 2.71 bits per heavy atom. The second kappa shape index (κ2) is 4.78. The molecular weight excluding hydrogens is 176 g/mol. The van der Waals surface area contributed by atoms with E-state index >= 15 is 0 Å². The highest BCUT2D eigenvalue weighted by molar-refractivity contribution is 5.77. The minimum absolute atomic E-state index is 0.124. The lowest BCUT2D eigenvalue weighted by atomic mass is 9.96. The van der Waals surface area contributed by atoms with E-state index in [-0.39, 0.29) is 11.4 Å². The molecule has 3 heteroatoms. The van der Waals surface area contributed by atoms with E-state index in [1.165, 1.54) is 6.42 Å². The van der Waals surface area contributed by atoms with Crippen LogP contribution in [0.25, 0.3) is 0 Å². The predicted molar refractivity (Wildman–Crippen MR) is 57.9 cm³/mol. The van der Waals surface area contributed by atoms with Crippen LogP contribution in [0.2, 0.25) is 0 Å². The van der Waals surface area contributed by atoms with E-state index < -0.39 is 0 Å². The zero-order valence-electron chi connectivity index (χ0n) is 9.38. The van der Waals surface area contributed by atoms with Gasteiger partial charge in [0.2, 0.25) is 5.91 Å². The summed E-state index contributed by atoms with van der Waals surface area (Å²) in [6.07, 6.45) is 4.98. The third kappa shape index (κ3) is 2.27. The molecule has 0 aromatic heterocycles. The number of carbonyl (C=O) groups is 1. The Kier molecular flexibility index (Phi) is 3.93. The molecule has 14 heavy (non-hydrogen) atoms. The van der Waals surface area contributed by atoms with Gasteiger partial charge in [0.25, 0.3) is 0 Å². The molecule has 1 fully saturated rings. The monoisotopic (exact) mass is 198 g/mol. The van der Waals surface area contributed by atoms with Crippen molar-refractivity contribution >= 4 is 5.91 Å². The van der Waals surface area contributed by atoms with E-state index in [9.17, 15) is 4.79 Å². The average molecular weight is 198 g/mol. The minimum Gasteiger partial charge on any atom is -0.336 e. The van der Waals surface area contributed by atoms with Gasteiger partial charge in [0.05, 0.1) is 5.54 Å². The number of hydrogen-bond acceptors (Lipinski definition) is 2. The van der Waals surface area contributed by atoms with E-state index in [2.05, 4.69) is 13.8 Å². The molecule has 1 unspecified atom stereocenters. The molecule has 1 aliphatic heterocycles. The third-order valence-corrected chi connectivity index (χ3v) is 3.43. The number of nitrogens with two attached hydrogens (primary N) is 1. The van der Waals surface area contributed by atoms with E-state index in [4.69, 9.17) is 5.73 Å². The average Bonchev–Trinajstić information content (AvgIpc) is 2.42. The predicted octanol–water partition coefficient (Wildman–Crippen LogP) is 1.52. The second-order valence-corrected chi connectivity index (χ2v) is 4.41. The van der Waals surface area contributed by atoms with Gasteiger partial charge in [0.1, 0.15) is 0 Å². The van der Waals surface area contributed by atoms with Gasteiger partial charge in [-0.2, -0.15) is 0 Å². The number of nitrogens with zero attached hydrogens (tertiary/aromatic N) is 1. The van der Waals surface area contributed by atoms with Crippen molar-refractivity contribution in [3.05, 3.63) is 0 Å². The first-order chi connectivity index (χ1) is 6.64. The highest BCUT2D eigenvalue weighted by Crippen LogP contribution is 2.23. The molecule has 0 bridgehead atoms.